The van der Waals surface area contributed by atoms with Crippen LogP contribution < -0.4 is 4.72 Å². The Hall–Kier alpha value is -0.990. The van der Waals surface area contributed by atoms with Gasteiger partial charge in [-0.15, -0.1) is 0 Å². The van der Waals surface area contributed by atoms with Crippen LogP contribution in [0.1, 0.15) is 44.9 Å². The van der Waals surface area contributed by atoms with Crippen molar-refractivity contribution >= 4 is 21.8 Å². The Balaban J connectivity index is 1.83. The van der Waals surface area contributed by atoms with Crippen LogP contribution in [0.25, 0.3) is 0 Å². The maximum atomic E-state index is 11.9. The van der Waals surface area contributed by atoms with Crippen LogP contribution in [-0.4, -0.2) is 54.7 Å². The fourth-order valence-electron chi connectivity index (χ4n) is 2.79. The first-order valence-electron chi connectivity index (χ1n) is 7.34. The summed E-state index contributed by atoms with van der Waals surface area (Å²) in [4.78, 5) is 24.2. The van der Waals surface area contributed by atoms with E-state index in [9.17, 15) is 23.1 Å². The van der Waals surface area contributed by atoms with Crippen molar-refractivity contribution in [3.8, 4) is 0 Å². The van der Waals surface area contributed by atoms with E-state index in [0.29, 0.717) is 32.1 Å². The predicted octanol–water partition coefficient (Wildman–Crippen LogP) is -0.250. The van der Waals surface area contributed by atoms with Gasteiger partial charge < -0.3 is 5.11 Å². The molecule has 21 heavy (non-hydrogen) atoms. The fraction of sp³-hybridized carbons (Fsp3) is 0.846. The zero-order valence-corrected chi connectivity index (χ0v) is 12.8. The standard InChI is InChI=1S/C13H22N2O5S/c16-11-4-3-5-12(17)15(11)8-9-21(19,20)14-10-13(18)6-1-2-7-13/h14,18H,1-10H2. The fourth-order valence-corrected chi connectivity index (χ4v) is 3.84. The van der Waals surface area contributed by atoms with E-state index >= 15 is 0 Å². The van der Waals surface area contributed by atoms with Gasteiger partial charge in [-0.25, -0.2) is 13.1 Å². The van der Waals surface area contributed by atoms with Crippen molar-refractivity contribution in [2.24, 2.45) is 0 Å². The molecule has 2 N–H and O–H groups in total. The van der Waals surface area contributed by atoms with Crippen LogP contribution in [0.2, 0.25) is 0 Å². The summed E-state index contributed by atoms with van der Waals surface area (Å²) in [6.45, 7) is -0.122. The number of sulfonamides is 1. The molecule has 1 saturated heterocycles. The SMILES string of the molecule is O=C1CCCC(=O)N1CCS(=O)(=O)NCC1(O)CCCC1. The second-order valence-corrected chi connectivity index (χ2v) is 7.79. The summed E-state index contributed by atoms with van der Waals surface area (Å²) in [7, 11) is -3.61. The molecular weight excluding hydrogens is 296 g/mol. The topological polar surface area (TPSA) is 104 Å². The van der Waals surface area contributed by atoms with Crippen molar-refractivity contribution in [1.29, 1.82) is 0 Å². The number of piperidine rings is 1. The van der Waals surface area contributed by atoms with Crippen LogP contribution >= 0.6 is 0 Å². The molecule has 2 fully saturated rings. The largest absolute Gasteiger partial charge is 0.389 e. The van der Waals surface area contributed by atoms with Gasteiger partial charge in [-0.2, -0.15) is 0 Å². The molecule has 2 rings (SSSR count). The summed E-state index contributed by atoms with van der Waals surface area (Å²) in [6, 6.07) is 0. The van der Waals surface area contributed by atoms with Gasteiger partial charge >= 0.3 is 0 Å². The van der Waals surface area contributed by atoms with Crippen LogP contribution in [0.4, 0.5) is 0 Å². The minimum atomic E-state index is -3.61. The third kappa shape index (κ3) is 4.49. The number of aliphatic hydroxyl groups is 1. The van der Waals surface area contributed by atoms with Gasteiger partial charge in [-0.05, 0) is 19.3 Å². The highest BCUT2D eigenvalue weighted by Crippen LogP contribution is 2.28. The van der Waals surface area contributed by atoms with Crippen molar-refractivity contribution in [3.05, 3.63) is 0 Å². The number of nitrogens with one attached hydrogen (secondary N) is 1. The second-order valence-electron chi connectivity index (χ2n) is 5.86. The Kier molecular flexibility index (Phi) is 5.00. The molecule has 0 aromatic carbocycles. The van der Waals surface area contributed by atoms with E-state index in [4.69, 9.17) is 0 Å². The Labute approximate surface area is 124 Å². The average Bonchev–Trinajstić information content (AvgIpc) is 2.84. The van der Waals surface area contributed by atoms with Crippen molar-refractivity contribution < 1.29 is 23.1 Å². The van der Waals surface area contributed by atoms with Crippen LogP contribution in [0.15, 0.2) is 0 Å². The van der Waals surface area contributed by atoms with Crippen LogP contribution in [-0.2, 0) is 19.6 Å². The summed E-state index contributed by atoms with van der Waals surface area (Å²) in [6.07, 6.45) is 4.10. The summed E-state index contributed by atoms with van der Waals surface area (Å²) in [5.74, 6) is -0.938. The molecule has 0 spiro atoms. The van der Waals surface area contributed by atoms with Crippen molar-refractivity contribution in [2.45, 2.75) is 50.5 Å². The number of amides is 2. The molecule has 0 radical (unpaired) electrons. The molecule has 0 aromatic rings. The van der Waals surface area contributed by atoms with Gasteiger partial charge in [0.15, 0.2) is 0 Å². The normalized spacial score (nSPS) is 22.8. The number of rotatable bonds is 6. The molecular formula is C13H22N2O5S. The number of carbonyl (C=O) groups excluding carboxylic acids is 2. The first kappa shape index (κ1) is 16.4. The lowest BCUT2D eigenvalue weighted by atomic mass is 10.0. The number of imide groups is 1. The van der Waals surface area contributed by atoms with Gasteiger partial charge in [-0.1, -0.05) is 12.8 Å². The molecule has 0 atom stereocenters. The Morgan fingerprint density at radius 1 is 1.10 bits per heavy atom. The summed E-state index contributed by atoms with van der Waals surface area (Å²) >= 11 is 0. The molecule has 2 amide bonds. The zero-order valence-electron chi connectivity index (χ0n) is 12.0. The van der Waals surface area contributed by atoms with E-state index in [-0.39, 0.29) is 30.7 Å². The lowest BCUT2D eigenvalue weighted by Gasteiger charge is -2.25. The summed E-state index contributed by atoms with van der Waals surface area (Å²) in [5.41, 5.74) is -0.955. The van der Waals surface area contributed by atoms with E-state index in [0.717, 1.165) is 17.7 Å². The van der Waals surface area contributed by atoms with Gasteiger partial charge in [0.25, 0.3) is 0 Å². The van der Waals surface area contributed by atoms with Gasteiger partial charge in [-0.3, -0.25) is 14.5 Å². The molecule has 8 heteroatoms. The van der Waals surface area contributed by atoms with Crippen LogP contribution in [0, 0.1) is 0 Å². The van der Waals surface area contributed by atoms with E-state index in [1.807, 2.05) is 0 Å². The third-order valence-electron chi connectivity index (χ3n) is 4.12. The lowest BCUT2D eigenvalue weighted by Crippen LogP contribution is -2.46. The number of hydrogen-bond acceptors (Lipinski definition) is 5. The Bertz CT molecular complexity index is 495. The molecule has 1 aliphatic carbocycles. The minimum absolute atomic E-state index is 0.00275. The molecule has 1 aliphatic heterocycles. The first-order valence-corrected chi connectivity index (χ1v) is 9.00. The molecule has 0 aromatic heterocycles. The quantitative estimate of drug-likeness (QED) is 0.657. The van der Waals surface area contributed by atoms with Crippen molar-refractivity contribution in [3.63, 3.8) is 0 Å². The summed E-state index contributed by atoms with van der Waals surface area (Å²) in [5, 5.41) is 10.1. The second kappa shape index (κ2) is 6.41. The molecule has 2 aliphatic rings. The smallest absolute Gasteiger partial charge is 0.229 e. The number of hydrogen-bond donors (Lipinski definition) is 2. The number of nitrogens with zero attached hydrogens (tertiary/aromatic N) is 1. The highest BCUT2D eigenvalue weighted by molar-refractivity contribution is 7.89. The Morgan fingerprint density at radius 2 is 1.67 bits per heavy atom. The highest BCUT2D eigenvalue weighted by atomic mass is 32.2. The maximum Gasteiger partial charge on any atom is 0.229 e. The molecule has 0 unspecified atom stereocenters. The minimum Gasteiger partial charge on any atom is -0.389 e. The number of carbonyl (C=O) groups is 2. The van der Waals surface area contributed by atoms with E-state index in [2.05, 4.69) is 4.72 Å². The van der Waals surface area contributed by atoms with Crippen LogP contribution in [0.3, 0.4) is 0 Å². The van der Waals surface area contributed by atoms with Gasteiger partial charge in [0, 0.05) is 25.9 Å². The molecule has 0 bridgehead atoms. The average molecular weight is 318 g/mol. The monoisotopic (exact) mass is 318 g/mol. The molecule has 120 valence electrons. The van der Waals surface area contributed by atoms with Gasteiger partial charge in [0.2, 0.25) is 21.8 Å². The van der Waals surface area contributed by atoms with E-state index in [1.165, 1.54) is 0 Å². The van der Waals surface area contributed by atoms with Crippen LogP contribution in [0.5, 0.6) is 0 Å². The van der Waals surface area contributed by atoms with Gasteiger partial charge in [0.05, 0.1) is 11.4 Å². The molecule has 1 saturated carbocycles. The Morgan fingerprint density at radius 3 is 2.24 bits per heavy atom. The zero-order chi connectivity index (χ0) is 15.5. The van der Waals surface area contributed by atoms with E-state index < -0.39 is 15.6 Å². The predicted molar refractivity (Wildman–Crippen MR) is 75.8 cm³/mol. The van der Waals surface area contributed by atoms with Gasteiger partial charge in [0.1, 0.15) is 0 Å². The lowest BCUT2D eigenvalue weighted by molar-refractivity contribution is -0.147. The number of likely N-dealkylation sites (tertiary alicyclic amines) is 1. The third-order valence-corrected chi connectivity index (χ3v) is 5.43. The summed E-state index contributed by atoms with van der Waals surface area (Å²) < 4.78 is 26.2. The molecule has 7 nitrogen and oxygen atoms in total. The molecule has 1 heterocycles. The first-order chi connectivity index (χ1) is 9.81. The highest BCUT2D eigenvalue weighted by Gasteiger charge is 2.33. The van der Waals surface area contributed by atoms with Crippen molar-refractivity contribution in [2.75, 3.05) is 18.8 Å². The van der Waals surface area contributed by atoms with Crippen molar-refractivity contribution in [1.82, 2.24) is 9.62 Å². The maximum absolute atomic E-state index is 11.9. The van der Waals surface area contributed by atoms with E-state index in [1.54, 1.807) is 0 Å².